The predicted molar refractivity (Wildman–Crippen MR) is 147 cm³/mol. The summed E-state index contributed by atoms with van der Waals surface area (Å²) in [4.78, 5) is 30.7. The van der Waals surface area contributed by atoms with Gasteiger partial charge in [-0.15, -0.1) is 0 Å². The number of carbonyl (C=O) groups excluding carboxylic acids is 2. The number of rotatable bonds is 6. The molecule has 0 unspecified atom stereocenters. The lowest BCUT2D eigenvalue weighted by Gasteiger charge is -2.36. The molecule has 6 rings (SSSR count). The number of hydrogen-bond acceptors (Lipinski definition) is 7. The molecular weight excluding hydrogens is 515 g/mol. The molecule has 1 saturated heterocycles. The van der Waals surface area contributed by atoms with Crippen molar-refractivity contribution >= 4 is 34.2 Å². The van der Waals surface area contributed by atoms with Crippen LogP contribution in [0.15, 0.2) is 87.8 Å². The van der Waals surface area contributed by atoms with Crippen LogP contribution in [0.3, 0.4) is 0 Å². The maximum absolute atomic E-state index is 13.7. The van der Waals surface area contributed by atoms with E-state index in [9.17, 15) is 14.0 Å². The Bertz CT molecular complexity index is 1690. The number of piperazine rings is 1. The van der Waals surface area contributed by atoms with E-state index in [-0.39, 0.29) is 28.9 Å². The number of fused-ring (bicyclic) bond motifs is 1. The molecule has 1 fully saturated rings. The van der Waals surface area contributed by atoms with Crippen LogP contribution in [0.4, 0.5) is 15.8 Å². The summed E-state index contributed by atoms with van der Waals surface area (Å²) in [6.45, 7) is 2.15. The first kappa shape index (κ1) is 25.2. The lowest BCUT2D eigenvalue weighted by Crippen LogP contribution is -2.49. The maximum atomic E-state index is 13.7. The van der Waals surface area contributed by atoms with Crippen LogP contribution in [0.5, 0.6) is 5.75 Å². The van der Waals surface area contributed by atoms with Crippen molar-refractivity contribution in [1.29, 1.82) is 0 Å². The van der Waals surface area contributed by atoms with Gasteiger partial charge in [0.05, 0.1) is 12.8 Å². The third kappa shape index (κ3) is 4.75. The second kappa shape index (κ2) is 10.6. The Morgan fingerprint density at radius 2 is 1.68 bits per heavy atom. The molecule has 0 atom stereocenters. The van der Waals surface area contributed by atoms with Crippen molar-refractivity contribution in [3.8, 4) is 17.1 Å². The summed E-state index contributed by atoms with van der Waals surface area (Å²) in [6, 6.07) is 22.0. The highest BCUT2D eigenvalue weighted by atomic mass is 19.1. The zero-order chi connectivity index (χ0) is 27.6. The fraction of sp³-hybridized carbons (Fsp3) is 0.167. The van der Waals surface area contributed by atoms with Crippen LogP contribution in [0.1, 0.15) is 21.0 Å². The fourth-order valence-electron chi connectivity index (χ4n) is 4.82. The lowest BCUT2D eigenvalue weighted by molar-refractivity contribution is 0.0718. The van der Waals surface area contributed by atoms with Crippen LogP contribution in [0.2, 0.25) is 0 Å². The van der Waals surface area contributed by atoms with E-state index >= 15 is 0 Å². The van der Waals surface area contributed by atoms with Gasteiger partial charge in [0.25, 0.3) is 11.8 Å². The van der Waals surface area contributed by atoms with E-state index in [2.05, 4.69) is 15.4 Å². The Hall–Kier alpha value is -5.12. The minimum Gasteiger partial charge on any atom is -0.495 e. The molecule has 2 aromatic heterocycles. The Labute approximate surface area is 228 Å². The quantitative estimate of drug-likeness (QED) is 0.306. The second-order valence-electron chi connectivity index (χ2n) is 9.29. The fourth-order valence-corrected chi connectivity index (χ4v) is 4.82. The van der Waals surface area contributed by atoms with Crippen LogP contribution >= 0.6 is 0 Å². The topological polar surface area (TPSA) is 101 Å². The first-order valence-electron chi connectivity index (χ1n) is 12.7. The first-order chi connectivity index (χ1) is 19.5. The first-order valence-corrected chi connectivity index (χ1v) is 12.7. The molecule has 9 nitrogen and oxygen atoms in total. The SMILES string of the molecule is COc1ccccc1N1CCN(C(=O)c2oc3ccccc3c2NC(=O)c2cc(-c3ccc(F)cc3)on2)CC1. The molecule has 40 heavy (non-hydrogen) atoms. The Kier molecular flexibility index (Phi) is 6.65. The molecule has 0 spiro atoms. The number of nitrogens with one attached hydrogen (secondary N) is 1. The van der Waals surface area contributed by atoms with Crippen molar-refractivity contribution in [2.24, 2.45) is 0 Å². The number of aromatic nitrogens is 1. The number of furan rings is 1. The van der Waals surface area contributed by atoms with E-state index in [0.29, 0.717) is 48.5 Å². The Morgan fingerprint density at radius 1 is 0.950 bits per heavy atom. The average Bonchev–Trinajstić information content (AvgIpc) is 3.63. The minimum atomic E-state index is -0.571. The summed E-state index contributed by atoms with van der Waals surface area (Å²) < 4.78 is 30.0. The van der Waals surface area contributed by atoms with Crippen molar-refractivity contribution in [3.63, 3.8) is 0 Å². The molecule has 3 aromatic carbocycles. The van der Waals surface area contributed by atoms with Crippen molar-refractivity contribution in [2.75, 3.05) is 43.5 Å². The number of ether oxygens (including phenoxy) is 1. The molecule has 2 amide bonds. The number of anilines is 2. The zero-order valence-electron chi connectivity index (χ0n) is 21.6. The normalized spacial score (nSPS) is 13.4. The highest BCUT2D eigenvalue weighted by molar-refractivity contribution is 6.14. The van der Waals surface area contributed by atoms with Gasteiger partial charge in [0.1, 0.15) is 22.8 Å². The van der Waals surface area contributed by atoms with Gasteiger partial charge < -0.3 is 28.8 Å². The van der Waals surface area contributed by atoms with Gasteiger partial charge in [-0.1, -0.05) is 29.4 Å². The van der Waals surface area contributed by atoms with E-state index in [4.69, 9.17) is 13.7 Å². The van der Waals surface area contributed by atoms with Gasteiger partial charge in [-0.3, -0.25) is 9.59 Å². The Morgan fingerprint density at radius 3 is 2.45 bits per heavy atom. The second-order valence-corrected chi connectivity index (χ2v) is 9.29. The number of benzene rings is 3. The van der Waals surface area contributed by atoms with Gasteiger partial charge in [-0.05, 0) is 48.5 Å². The minimum absolute atomic E-state index is 0.00780. The molecule has 1 aliphatic rings. The molecule has 0 radical (unpaired) electrons. The summed E-state index contributed by atoms with van der Waals surface area (Å²) in [5.41, 5.74) is 2.30. The monoisotopic (exact) mass is 540 g/mol. The highest BCUT2D eigenvalue weighted by Gasteiger charge is 2.30. The van der Waals surface area contributed by atoms with E-state index in [1.165, 1.54) is 30.3 Å². The third-order valence-corrected chi connectivity index (χ3v) is 6.89. The molecule has 0 saturated carbocycles. The Balaban J connectivity index is 1.22. The highest BCUT2D eigenvalue weighted by Crippen LogP contribution is 2.34. The van der Waals surface area contributed by atoms with Gasteiger partial charge in [-0.2, -0.15) is 0 Å². The largest absolute Gasteiger partial charge is 0.495 e. The smallest absolute Gasteiger partial charge is 0.291 e. The summed E-state index contributed by atoms with van der Waals surface area (Å²) in [7, 11) is 1.64. The van der Waals surface area contributed by atoms with Crippen LogP contribution in [0, 0.1) is 5.82 Å². The van der Waals surface area contributed by atoms with Crippen LogP contribution < -0.4 is 15.0 Å². The number of para-hydroxylation sites is 3. The summed E-state index contributed by atoms with van der Waals surface area (Å²) >= 11 is 0. The van der Waals surface area contributed by atoms with Gasteiger partial charge >= 0.3 is 0 Å². The van der Waals surface area contributed by atoms with Gasteiger partial charge in [-0.25, -0.2) is 4.39 Å². The molecule has 0 bridgehead atoms. The number of hydrogen-bond donors (Lipinski definition) is 1. The van der Waals surface area contributed by atoms with Crippen LogP contribution in [-0.2, 0) is 0 Å². The summed E-state index contributed by atoms with van der Waals surface area (Å²) in [6.07, 6.45) is 0. The van der Waals surface area contributed by atoms with Crippen molar-refractivity contribution in [2.45, 2.75) is 0 Å². The van der Waals surface area contributed by atoms with E-state index < -0.39 is 5.91 Å². The molecule has 0 aliphatic carbocycles. The van der Waals surface area contributed by atoms with Gasteiger partial charge in [0, 0.05) is 43.2 Å². The molecule has 3 heterocycles. The van der Waals surface area contributed by atoms with Crippen LogP contribution in [0.25, 0.3) is 22.3 Å². The number of methoxy groups -OCH3 is 1. The summed E-state index contributed by atoms with van der Waals surface area (Å²) in [5.74, 6) is -0.141. The van der Waals surface area contributed by atoms with Crippen molar-refractivity contribution in [3.05, 3.63) is 96.1 Å². The average molecular weight is 541 g/mol. The summed E-state index contributed by atoms with van der Waals surface area (Å²) in [5, 5.41) is 7.26. The van der Waals surface area contributed by atoms with E-state index in [0.717, 1.165) is 11.4 Å². The van der Waals surface area contributed by atoms with Gasteiger partial charge in [0.15, 0.2) is 11.5 Å². The molecule has 1 aliphatic heterocycles. The van der Waals surface area contributed by atoms with Gasteiger partial charge in [0.2, 0.25) is 5.76 Å². The number of nitrogens with zero attached hydrogens (tertiary/aromatic N) is 3. The maximum Gasteiger partial charge on any atom is 0.291 e. The lowest BCUT2D eigenvalue weighted by atomic mass is 10.1. The van der Waals surface area contributed by atoms with Crippen molar-refractivity contribution < 1.29 is 27.7 Å². The standard InChI is InChI=1S/C30H25FN4O5/c1-38-25-9-5-3-7-23(25)34-14-16-35(17-15-34)30(37)28-27(21-6-2-4-8-24(21)39-28)32-29(36)22-18-26(40-33-22)19-10-12-20(31)13-11-19/h2-13,18H,14-17H2,1H3,(H,32,36). The zero-order valence-corrected chi connectivity index (χ0v) is 21.6. The van der Waals surface area contributed by atoms with Crippen molar-refractivity contribution in [1.82, 2.24) is 10.1 Å². The molecular formula is C30H25FN4O5. The van der Waals surface area contributed by atoms with E-state index in [1.54, 1.807) is 36.3 Å². The predicted octanol–water partition coefficient (Wildman–Crippen LogP) is 5.45. The van der Waals surface area contributed by atoms with E-state index in [1.807, 2.05) is 24.3 Å². The molecule has 202 valence electrons. The molecule has 5 aromatic rings. The molecule has 1 N–H and O–H groups in total. The number of halogens is 1. The van der Waals surface area contributed by atoms with Crippen LogP contribution in [-0.4, -0.2) is 55.2 Å². The number of carbonyl (C=O) groups is 2. The third-order valence-electron chi connectivity index (χ3n) is 6.89. The number of amides is 2. The molecule has 10 heteroatoms.